The predicted octanol–water partition coefficient (Wildman–Crippen LogP) is -0.648. The summed E-state index contributed by atoms with van der Waals surface area (Å²) in [5.74, 6) is -4.38. The highest BCUT2D eigenvalue weighted by Gasteiger charge is 2.86. The van der Waals surface area contributed by atoms with Crippen molar-refractivity contribution in [1.82, 2.24) is 19.6 Å². The first-order valence-electron chi connectivity index (χ1n) is 17.0. The van der Waals surface area contributed by atoms with E-state index >= 15 is 8.42 Å². The Balaban J connectivity index is 1.44. The molecule has 3 aromatic carbocycles. The standard InChI is InChI=1S/C36H36N6O10S/c1-31(47)27(43)40-25-33(18-35(40,49)29(45)38(31)3,21-14-8-10-16-23(21)37-25)34-19-36(50)30(46)39(4)32(2,48)28(44)41(36)26(34)42(24-17-11-9-15-22(24)34)53(51,52)20-12-6-5-7-13-20/h5-17,25-26,37,47-50H,18-19H2,1-4H3/t25-,26+,31-,32-,33+,34+,35-,36-/m1/s1. The summed E-state index contributed by atoms with van der Waals surface area (Å²) >= 11 is 0. The topological polar surface area (TPSA) is 212 Å². The highest BCUT2D eigenvalue weighted by Crippen LogP contribution is 2.73. The van der Waals surface area contributed by atoms with Crippen LogP contribution >= 0.6 is 0 Å². The second-order valence-corrected chi connectivity index (χ2v) is 17.0. The van der Waals surface area contributed by atoms with Gasteiger partial charge in [0.25, 0.3) is 33.7 Å². The Morgan fingerprint density at radius 2 is 1.13 bits per heavy atom. The third-order valence-corrected chi connectivity index (χ3v) is 14.5. The Morgan fingerprint density at radius 1 is 0.642 bits per heavy atom. The molecule has 16 nitrogen and oxygen atoms in total. The number of piperazine rings is 2. The maximum atomic E-state index is 15.1. The van der Waals surface area contributed by atoms with Crippen LogP contribution in [0.4, 0.5) is 11.4 Å². The molecule has 6 heterocycles. The number of carbonyl (C=O) groups is 4. The molecular weight excluding hydrogens is 708 g/mol. The molecule has 4 saturated heterocycles. The maximum Gasteiger partial charge on any atom is 0.280 e. The van der Waals surface area contributed by atoms with Gasteiger partial charge in [-0.2, -0.15) is 0 Å². The molecule has 5 N–H and O–H groups in total. The first kappa shape index (κ1) is 33.7. The van der Waals surface area contributed by atoms with Crippen LogP contribution in [0.1, 0.15) is 37.8 Å². The number of hydrogen-bond acceptors (Lipinski definition) is 11. The summed E-state index contributed by atoms with van der Waals surface area (Å²) in [4.78, 5) is 60.6. The number of para-hydroxylation sites is 2. The van der Waals surface area contributed by atoms with Gasteiger partial charge in [0.15, 0.2) is 0 Å². The molecule has 0 radical (unpaired) electrons. The lowest BCUT2D eigenvalue weighted by atomic mass is 9.53. The smallest absolute Gasteiger partial charge is 0.280 e. The number of likely N-dealkylation sites (N-methyl/N-ethyl adjacent to an activating group) is 2. The van der Waals surface area contributed by atoms with E-state index in [2.05, 4.69) is 5.32 Å². The van der Waals surface area contributed by atoms with Crippen molar-refractivity contribution in [3.63, 3.8) is 0 Å². The molecule has 0 aromatic heterocycles. The lowest BCUT2D eigenvalue weighted by Gasteiger charge is -2.51. The first-order chi connectivity index (χ1) is 24.8. The summed E-state index contributed by atoms with van der Waals surface area (Å²) in [6.45, 7) is 2.18. The van der Waals surface area contributed by atoms with Crippen molar-refractivity contribution in [2.45, 2.75) is 77.6 Å². The number of carbonyl (C=O) groups excluding carboxylic acids is 4. The van der Waals surface area contributed by atoms with Gasteiger partial charge in [-0.1, -0.05) is 54.6 Å². The number of hydrogen-bond donors (Lipinski definition) is 5. The van der Waals surface area contributed by atoms with Gasteiger partial charge in [-0.15, -0.1) is 0 Å². The average molecular weight is 745 g/mol. The van der Waals surface area contributed by atoms with E-state index in [1.165, 1.54) is 37.4 Å². The Hall–Kier alpha value is -5.07. The number of nitrogens with zero attached hydrogens (tertiary/aromatic N) is 5. The molecule has 276 valence electrons. The predicted molar refractivity (Wildman–Crippen MR) is 183 cm³/mol. The fourth-order valence-corrected chi connectivity index (χ4v) is 11.8. The van der Waals surface area contributed by atoms with Crippen molar-refractivity contribution in [2.24, 2.45) is 0 Å². The number of rotatable bonds is 3. The lowest BCUT2D eigenvalue weighted by Crippen LogP contribution is -2.76. The quantitative estimate of drug-likeness (QED) is 0.228. The molecule has 8 atom stereocenters. The molecule has 17 heteroatoms. The molecule has 3 aromatic rings. The van der Waals surface area contributed by atoms with Crippen LogP contribution in [-0.2, 0) is 40.0 Å². The van der Waals surface area contributed by atoms with Crippen molar-refractivity contribution < 1.29 is 48.0 Å². The maximum absolute atomic E-state index is 15.1. The van der Waals surface area contributed by atoms with Gasteiger partial charge in [0.1, 0.15) is 12.3 Å². The molecule has 6 aliphatic rings. The Bertz CT molecular complexity index is 2320. The Labute approximate surface area is 303 Å². The van der Waals surface area contributed by atoms with E-state index in [0.717, 1.165) is 39.9 Å². The molecular formula is C36H36N6O10S. The number of aliphatic hydroxyl groups is 4. The van der Waals surface area contributed by atoms with E-state index in [1.807, 2.05) is 0 Å². The number of anilines is 2. The van der Waals surface area contributed by atoms with Crippen LogP contribution < -0.4 is 9.62 Å². The van der Waals surface area contributed by atoms with Gasteiger partial charge in [-0.3, -0.25) is 29.0 Å². The largest absolute Gasteiger partial charge is 0.364 e. The summed E-state index contributed by atoms with van der Waals surface area (Å²) in [6.07, 6.45) is -4.58. The Morgan fingerprint density at radius 3 is 1.75 bits per heavy atom. The number of fused-ring (bicyclic) bond motifs is 11. The van der Waals surface area contributed by atoms with Crippen LogP contribution in [0, 0.1) is 0 Å². The summed E-state index contributed by atoms with van der Waals surface area (Å²) < 4.78 is 31.2. The normalized spacial score (nSPS) is 38.4. The number of benzene rings is 3. The van der Waals surface area contributed by atoms with Crippen LogP contribution in [0.3, 0.4) is 0 Å². The fourth-order valence-electron chi connectivity index (χ4n) is 10.1. The fraction of sp³-hybridized carbons (Fsp3) is 0.389. The van der Waals surface area contributed by atoms with E-state index in [4.69, 9.17) is 0 Å². The zero-order valence-electron chi connectivity index (χ0n) is 29.0. The lowest BCUT2D eigenvalue weighted by molar-refractivity contribution is -0.224. The Kier molecular flexibility index (Phi) is 6.19. The second-order valence-electron chi connectivity index (χ2n) is 15.1. The van der Waals surface area contributed by atoms with E-state index in [-0.39, 0.29) is 16.1 Å². The highest BCUT2D eigenvalue weighted by molar-refractivity contribution is 7.93. The van der Waals surface area contributed by atoms with Crippen LogP contribution in [0.5, 0.6) is 0 Å². The van der Waals surface area contributed by atoms with Gasteiger partial charge < -0.3 is 35.5 Å². The van der Waals surface area contributed by atoms with Crippen LogP contribution in [0.2, 0.25) is 0 Å². The van der Waals surface area contributed by atoms with Gasteiger partial charge in [0, 0.05) is 32.6 Å². The molecule has 0 unspecified atom stereocenters. The van der Waals surface area contributed by atoms with Crippen molar-refractivity contribution >= 4 is 45.0 Å². The van der Waals surface area contributed by atoms with E-state index in [9.17, 15) is 39.6 Å². The summed E-state index contributed by atoms with van der Waals surface area (Å²) in [6, 6.07) is 20.4. The van der Waals surface area contributed by atoms with E-state index in [1.54, 1.807) is 48.5 Å². The van der Waals surface area contributed by atoms with Crippen LogP contribution in [-0.4, -0.2) is 121 Å². The van der Waals surface area contributed by atoms with E-state index in [0.29, 0.717) is 16.2 Å². The molecule has 4 amide bonds. The molecule has 0 aliphatic carbocycles. The molecule has 4 fully saturated rings. The minimum Gasteiger partial charge on any atom is -0.364 e. The summed E-state index contributed by atoms with van der Waals surface area (Å²) in [5, 5.41) is 51.7. The number of amides is 4. The van der Waals surface area contributed by atoms with Crippen molar-refractivity contribution in [2.75, 3.05) is 23.7 Å². The molecule has 53 heavy (non-hydrogen) atoms. The number of nitrogens with one attached hydrogen (secondary N) is 1. The second kappa shape index (κ2) is 9.72. The molecule has 0 saturated carbocycles. The van der Waals surface area contributed by atoms with Gasteiger partial charge in [0.05, 0.1) is 21.4 Å². The van der Waals surface area contributed by atoms with E-state index < -0.39 is 92.6 Å². The third kappa shape index (κ3) is 3.44. The molecule has 9 rings (SSSR count). The minimum atomic E-state index is -4.70. The zero-order chi connectivity index (χ0) is 38.1. The van der Waals surface area contributed by atoms with Gasteiger partial charge >= 0.3 is 0 Å². The monoisotopic (exact) mass is 744 g/mol. The van der Waals surface area contributed by atoms with Crippen molar-refractivity contribution in [3.8, 4) is 0 Å². The van der Waals surface area contributed by atoms with Crippen molar-refractivity contribution in [3.05, 3.63) is 90.0 Å². The van der Waals surface area contributed by atoms with Crippen molar-refractivity contribution in [1.29, 1.82) is 0 Å². The van der Waals surface area contributed by atoms with Gasteiger partial charge in [-0.25, -0.2) is 12.7 Å². The van der Waals surface area contributed by atoms with Gasteiger partial charge in [0.2, 0.25) is 22.9 Å². The number of sulfonamides is 1. The molecule has 0 spiro atoms. The van der Waals surface area contributed by atoms with Gasteiger partial charge in [-0.05, 0) is 49.2 Å². The summed E-state index contributed by atoms with van der Waals surface area (Å²) in [5.41, 5.74) is -13.1. The summed E-state index contributed by atoms with van der Waals surface area (Å²) in [7, 11) is -2.38. The molecule has 0 bridgehead atoms. The zero-order valence-corrected chi connectivity index (χ0v) is 29.8. The first-order valence-corrected chi connectivity index (χ1v) is 18.4. The highest BCUT2D eigenvalue weighted by atomic mass is 32.2. The average Bonchev–Trinajstić information content (AvgIpc) is 3.79. The third-order valence-electron chi connectivity index (χ3n) is 12.7. The SMILES string of the molecule is CN1C(=O)[C@]2(O)C[C@]3([C@]45C[C@@]6(O)C(=O)N(C)[C@](C)(O)C(=O)N6[C@H]4N(S(=O)(=O)c4ccccc4)c4ccccc45)c4ccccc4N[C@@H]3N2C(=O)[C@@]1(C)O. The van der Waals surface area contributed by atoms with Crippen LogP contribution in [0.15, 0.2) is 83.8 Å². The minimum absolute atomic E-state index is 0.0679. The molecule has 6 aliphatic heterocycles. The van der Waals surface area contributed by atoms with Crippen LogP contribution in [0.25, 0.3) is 0 Å².